The van der Waals surface area contributed by atoms with Crippen molar-refractivity contribution < 1.29 is 0 Å². The third kappa shape index (κ3) is 3.16. The second kappa shape index (κ2) is 5.59. The topological polar surface area (TPSA) is 26.0 Å². The first kappa shape index (κ1) is 11.8. The van der Waals surface area contributed by atoms with Crippen LogP contribution in [0, 0.1) is 15.4 Å². The summed E-state index contributed by atoms with van der Waals surface area (Å²) in [5.74, 6) is 5.81. The van der Waals surface area contributed by atoms with Crippen LogP contribution < -0.4 is 5.73 Å². The maximum Gasteiger partial charge on any atom is 0.0416 e. The zero-order valence-corrected chi connectivity index (χ0v) is 10.8. The SMILES string of the molecule is CC#CCC(N)c1cc(Cl)ccc1I. The molecule has 1 nitrogen and oxygen atoms in total. The minimum atomic E-state index is -0.0481. The number of hydrogen-bond donors (Lipinski definition) is 1. The molecule has 1 unspecified atom stereocenters. The van der Waals surface area contributed by atoms with Crippen LogP contribution in [0.25, 0.3) is 0 Å². The van der Waals surface area contributed by atoms with E-state index >= 15 is 0 Å². The molecular formula is C11H11ClIN. The summed E-state index contributed by atoms with van der Waals surface area (Å²) in [5.41, 5.74) is 7.06. The van der Waals surface area contributed by atoms with Gasteiger partial charge in [0.1, 0.15) is 0 Å². The minimum Gasteiger partial charge on any atom is -0.323 e. The first-order valence-electron chi connectivity index (χ1n) is 4.25. The van der Waals surface area contributed by atoms with Crippen molar-refractivity contribution in [1.82, 2.24) is 0 Å². The fourth-order valence-corrected chi connectivity index (χ4v) is 2.04. The van der Waals surface area contributed by atoms with Gasteiger partial charge < -0.3 is 5.73 Å². The van der Waals surface area contributed by atoms with Crippen molar-refractivity contribution in [1.29, 1.82) is 0 Å². The molecule has 0 saturated heterocycles. The van der Waals surface area contributed by atoms with Crippen molar-refractivity contribution in [3.05, 3.63) is 32.4 Å². The molecule has 1 atom stereocenters. The van der Waals surface area contributed by atoms with Crippen molar-refractivity contribution >= 4 is 34.2 Å². The zero-order valence-electron chi connectivity index (χ0n) is 7.85. The van der Waals surface area contributed by atoms with Crippen molar-refractivity contribution in [3.63, 3.8) is 0 Å². The predicted molar refractivity (Wildman–Crippen MR) is 69.2 cm³/mol. The van der Waals surface area contributed by atoms with Crippen LogP contribution in [0.3, 0.4) is 0 Å². The highest BCUT2D eigenvalue weighted by Gasteiger charge is 2.08. The highest BCUT2D eigenvalue weighted by molar-refractivity contribution is 14.1. The lowest BCUT2D eigenvalue weighted by molar-refractivity contribution is 0.749. The van der Waals surface area contributed by atoms with Gasteiger partial charge in [0.2, 0.25) is 0 Å². The summed E-state index contributed by atoms with van der Waals surface area (Å²) < 4.78 is 1.14. The van der Waals surface area contributed by atoms with Crippen LogP contribution in [-0.2, 0) is 0 Å². The number of halogens is 2. The Hall–Kier alpha value is -0.240. The quantitative estimate of drug-likeness (QED) is 0.656. The van der Waals surface area contributed by atoms with Gasteiger partial charge in [0, 0.05) is 21.1 Å². The minimum absolute atomic E-state index is 0.0481. The van der Waals surface area contributed by atoms with Gasteiger partial charge in [0.15, 0.2) is 0 Å². The molecule has 0 bridgehead atoms. The lowest BCUT2D eigenvalue weighted by Crippen LogP contribution is -2.10. The molecule has 0 radical (unpaired) electrons. The number of hydrogen-bond acceptors (Lipinski definition) is 1. The largest absolute Gasteiger partial charge is 0.323 e. The van der Waals surface area contributed by atoms with Gasteiger partial charge in [0.25, 0.3) is 0 Å². The molecule has 0 heterocycles. The Morgan fingerprint density at radius 3 is 2.93 bits per heavy atom. The van der Waals surface area contributed by atoms with E-state index in [9.17, 15) is 0 Å². The number of rotatable bonds is 2. The molecule has 14 heavy (non-hydrogen) atoms. The van der Waals surface area contributed by atoms with Crippen LogP contribution in [-0.4, -0.2) is 0 Å². The molecule has 0 spiro atoms. The molecule has 0 saturated carbocycles. The van der Waals surface area contributed by atoms with E-state index in [2.05, 4.69) is 34.4 Å². The molecule has 1 rings (SSSR count). The standard InChI is InChI=1S/C11H11ClIN/c1-2-3-4-11(14)9-7-8(12)5-6-10(9)13/h5-7,11H,4,14H2,1H3. The normalized spacial score (nSPS) is 11.7. The van der Waals surface area contributed by atoms with E-state index in [-0.39, 0.29) is 6.04 Å². The van der Waals surface area contributed by atoms with Crippen LogP contribution in [0.5, 0.6) is 0 Å². The summed E-state index contributed by atoms with van der Waals surface area (Å²) in [4.78, 5) is 0. The summed E-state index contributed by atoms with van der Waals surface area (Å²) in [6.07, 6.45) is 0.673. The molecule has 0 aliphatic heterocycles. The van der Waals surface area contributed by atoms with E-state index in [0.717, 1.165) is 14.2 Å². The van der Waals surface area contributed by atoms with Crippen molar-refractivity contribution in [2.75, 3.05) is 0 Å². The fourth-order valence-electron chi connectivity index (χ4n) is 1.12. The molecule has 0 fully saturated rings. The first-order valence-corrected chi connectivity index (χ1v) is 5.71. The van der Waals surface area contributed by atoms with Crippen molar-refractivity contribution in [2.24, 2.45) is 5.73 Å². The van der Waals surface area contributed by atoms with Crippen LogP contribution in [0.2, 0.25) is 5.02 Å². The Morgan fingerprint density at radius 2 is 2.29 bits per heavy atom. The number of benzene rings is 1. The fraction of sp³-hybridized carbons (Fsp3) is 0.273. The predicted octanol–water partition coefficient (Wildman–Crippen LogP) is 3.36. The lowest BCUT2D eigenvalue weighted by Gasteiger charge is -2.11. The molecule has 2 N–H and O–H groups in total. The van der Waals surface area contributed by atoms with Gasteiger partial charge >= 0.3 is 0 Å². The van der Waals surface area contributed by atoms with Crippen LogP contribution in [0.1, 0.15) is 24.9 Å². The summed E-state index contributed by atoms with van der Waals surface area (Å²) in [6, 6.07) is 5.70. The van der Waals surface area contributed by atoms with E-state index in [1.807, 2.05) is 25.1 Å². The first-order chi connectivity index (χ1) is 6.65. The van der Waals surface area contributed by atoms with Gasteiger partial charge in [-0.1, -0.05) is 11.6 Å². The molecule has 1 aromatic carbocycles. The summed E-state index contributed by atoms with van der Waals surface area (Å²) in [5, 5.41) is 0.723. The van der Waals surface area contributed by atoms with Crippen LogP contribution in [0.4, 0.5) is 0 Å². The van der Waals surface area contributed by atoms with Crippen molar-refractivity contribution in [2.45, 2.75) is 19.4 Å². The average Bonchev–Trinajstić information content (AvgIpc) is 2.18. The Balaban J connectivity index is 2.91. The summed E-state index contributed by atoms with van der Waals surface area (Å²) in [6.45, 7) is 1.82. The van der Waals surface area contributed by atoms with Crippen LogP contribution in [0.15, 0.2) is 18.2 Å². The average molecular weight is 320 g/mol. The van der Waals surface area contributed by atoms with E-state index in [1.165, 1.54) is 0 Å². The number of nitrogens with two attached hydrogens (primary N) is 1. The maximum absolute atomic E-state index is 5.98. The monoisotopic (exact) mass is 319 g/mol. The lowest BCUT2D eigenvalue weighted by atomic mass is 10.1. The van der Waals surface area contributed by atoms with Gasteiger partial charge in [-0.2, -0.15) is 0 Å². The van der Waals surface area contributed by atoms with Crippen molar-refractivity contribution in [3.8, 4) is 11.8 Å². The van der Waals surface area contributed by atoms with E-state index in [4.69, 9.17) is 17.3 Å². The van der Waals surface area contributed by atoms with E-state index in [1.54, 1.807) is 0 Å². The molecular weight excluding hydrogens is 308 g/mol. The Morgan fingerprint density at radius 1 is 1.57 bits per heavy atom. The molecule has 0 aliphatic carbocycles. The molecule has 1 aromatic rings. The van der Waals surface area contributed by atoms with Gasteiger partial charge in [0.05, 0.1) is 0 Å². The third-order valence-corrected chi connectivity index (χ3v) is 3.07. The van der Waals surface area contributed by atoms with E-state index in [0.29, 0.717) is 6.42 Å². The second-order valence-corrected chi connectivity index (χ2v) is 4.50. The maximum atomic E-state index is 5.98. The smallest absolute Gasteiger partial charge is 0.0416 e. The molecule has 0 aliphatic rings. The summed E-state index contributed by atoms with van der Waals surface area (Å²) >= 11 is 8.16. The van der Waals surface area contributed by atoms with E-state index < -0.39 is 0 Å². The van der Waals surface area contributed by atoms with Crippen LogP contribution >= 0.6 is 34.2 Å². The van der Waals surface area contributed by atoms with Gasteiger partial charge in [-0.3, -0.25) is 0 Å². The molecule has 3 heteroatoms. The third-order valence-electron chi connectivity index (χ3n) is 1.86. The molecule has 74 valence electrons. The highest BCUT2D eigenvalue weighted by atomic mass is 127. The molecule has 0 aromatic heterocycles. The zero-order chi connectivity index (χ0) is 10.6. The Kier molecular flexibility index (Phi) is 4.73. The highest BCUT2D eigenvalue weighted by Crippen LogP contribution is 2.24. The van der Waals surface area contributed by atoms with Gasteiger partial charge in [-0.15, -0.1) is 11.8 Å². The molecule has 0 amide bonds. The second-order valence-electron chi connectivity index (χ2n) is 2.90. The summed E-state index contributed by atoms with van der Waals surface area (Å²) in [7, 11) is 0. The Labute approximate surface area is 103 Å². The van der Waals surface area contributed by atoms with Gasteiger partial charge in [-0.05, 0) is 53.3 Å². The van der Waals surface area contributed by atoms with Gasteiger partial charge in [-0.25, -0.2) is 0 Å². The Bertz CT molecular complexity index is 379.